The Kier molecular flexibility index (Phi) is 5.83. The molecule has 130 valence electrons. The lowest BCUT2D eigenvalue weighted by Crippen LogP contribution is -2.26. The maximum atomic E-state index is 11.9. The van der Waals surface area contributed by atoms with Gasteiger partial charge in [-0.3, -0.25) is 4.79 Å². The van der Waals surface area contributed by atoms with Gasteiger partial charge in [0.25, 0.3) is 0 Å². The van der Waals surface area contributed by atoms with E-state index in [0.717, 1.165) is 49.1 Å². The van der Waals surface area contributed by atoms with Crippen molar-refractivity contribution in [1.29, 1.82) is 0 Å². The number of amides is 1. The number of hydrogen-bond acceptors (Lipinski definition) is 2. The predicted octanol–water partition coefficient (Wildman–Crippen LogP) is 3.65. The van der Waals surface area contributed by atoms with Gasteiger partial charge in [-0.2, -0.15) is 0 Å². The molecule has 1 heterocycles. The predicted molar refractivity (Wildman–Crippen MR) is 101 cm³/mol. The Morgan fingerprint density at radius 2 is 1.76 bits per heavy atom. The van der Waals surface area contributed by atoms with Crippen LogP contribution in [0, 0.1) is 0 Å². The second-order valence-corrected chi connectivity index (χ2v) is 6.40. The molecular formula is C21H25N3O. The first-order valence-electron chi connectivity index (χ1n) is 8.95. The number of aromatic nitrogens is 2. The van der Waals surface area contributed by atoms with Crippen LogP contribution in [-0.2, 0) is 24.7 Å². The SMILES string of the molecule is Cn1c(CCCCCNC(=O)Cc2ccccc2)nc2ccccc21. The summed E-state index contributed by atoms with van der Waals surface area (Å²) in [4.78, 5) is 16.6. The molecule has 0 unspecified atom stereocenters. The number of carbonyl (C=O) groups excluding carboxylic acids is 1. The van der Waals surface area contributed by atoms with E-state index in [-0.39, 0.29) is 5.91 Å². The lowest BCUT2D eigenvalue weighted by Gasteiger charge is -2.06. The third-order valence-corrected chi connectivity index (χ3v) is 4.49. The van der Waals surface area contributed by atoms with E-state index >= 15 is 0 Å². The molecular weight excluding hydrogens is 310 g/mol. The van der Waals surface area contributed by atoms with Gasteiger partial charge >= 0.3 is 0 Å². The Morgan fingerprint density at radius 1 is 1.00 bits per heavy atom. The number of fused-ring (bicyclic) bond motifs is 1. The van der Waals surface area contributed by atoms with E-state index in [2.05, 4.69) is 29.1 Å². The van der Waals surface area contributed by atoms with E-state index in [9.17, 15) is 4.79 Å². The number of nitrogens with one attached hydrogen (secondary N) is 1. The molecule has 0 aliphatic heterocycles. The summed E-state index contributed by atoms with van der Waals surface area (Å²) in [7, 11) is 2.08. The number of unbranched alkanes of at least 4 members (excludes halogenated alkanes) is 2. The van der Waals surface area contributed by atoms with E-state index < -0.39 is 0 Å². The highest BCUT2D eigenvalue weighted by Crippen LogP contribution is 2.15. The summed E-state index contributed by atoms with van der Waals surface area (Å²) in [6.07, 6.45) is 4.62. The van der Waals surface area contributed by atoms with E-state index in [1.54, 1.807) is 0 Å². The number of carbonyl (C=O) groups is 1. The second kappa shape index (κ2) is 8.47. The first-order chi connectivity index (χ1) is 12.2. The molecule has 3 aromatic rings. The van der Waals surface area contributed by atoms with E-state index in [1.165, 1.54) is 5.52 Å². The Labute approximate surface area is 148 Å². The van der Waals surface area contributed by atoms with Crippen LogP contribution in [0.15, 0.2) is 54.6 Å². The van der Waals surface area contributed by atoms with Crippen LogP contribution in [-0.4, -0.2) is 22.0 Å². The molecule has 0 fully saturated rings. The number of para-hydroxylation sites is 2. The Balaban J connectivity index is 1.34. The zero-order chi connectivity index (χ0) is 17.5. The van der Waals surface area contributed by atoms with Crippen molar-refractivity contribution in [2.75, 3.05) is 6.54 Å². The van der Waals surface area contributed by atoms with Crippen LogP contribution in [0.3, 0.4) is 0 Å². The summed E-state index contributed by atoms with van der Waals surface area (Å²) >= 11 is 0. The van der Waals surface area contributed by atoms with Gasteiger partial charge in [0.15, 0.2) is 0 Å². The quantitative estimate of drug-likeness (QED) is 0.639. The van der Waals surface area contributed by atoms with Gasteiger partial charge in [0.2, 0.25) is 5.91 Å². The molecule has 0 spiro atoms. The molecule has 2 aromatic carbocycles. The van der Waals surface area contributed by atoms with E-state index in [1.807, 2.05) is 42.5 Å². The molecule has 0 bridgehead atoms. The molecule has 3 rings (SSSR count). The molecule has 0 aliphatic carbocycles. The summed E-state index contributed by atoms with van der Waals surface area (Å²) in [6, 6.07) is 18.1. The zero-order valence-electron chi connectivity index (χ0n) is 14.7. The van der Waals surface area contributed by atoms with Crippen molar-refractivity contribution in [3.63, 3.8) is 0 Å². The fourth-order valence-electron chi connectivity index (χ4n) is 3.08. The minimum Gasteiger partial charge on any atom is -0.356 e. The Hall–Kier alpha value is -2.62. The summed E-state index contributed by atoms with van der Waals surface area (Å²) in [5.41, 5.74) is 3.31. The molecule has 0 aliphatic rings. The highest BCUT2D eigenvalue weighted by molar-refractivity contribution is 5.78. The van der Waals surface area contributed by atoms with Gasteiger partial charge < -0.3 is 9.88 Å². The average Bonchev–Trinajstić information content (AvgIpc) is 2.95. The van der Waals surface area contributed by atoms with Gasteiger partial charge in [-0.05, 0) is 30.5 Å². The van der Waals surface area contributed by atoms with E-state index in [0.29, 0.717) is 6.42 Å². The second-order valence-electron chi connectivity index (χ2n) is 6.40. The van der Waals surface area contributed by atoms with Crippen molar-refractivity contribution >= 4 is 16.9 Å². The van der Waals surface area contributed by atoms with Crippen LogP contribution in [0.25, 0.3) is 11.0 Å². The van der Waals surface area contributed by atoms with Crippen LogP contribution in [0.5, 0.6) is 0 Å². The maximum Gasteiger partial charge on any atom is 0.224 e. The largest absolute Gasteiger partial charge is 0.356 e. The van der Waals surface area contributed by atoms with Crippen molar-refractivity contribution in [2.24, 2.45) is 7.05 Å². The van der Waals surface area contributed by atoms with Gasteiger partial charge in [0.1, 0.15) is 5.82 Å². The fraction of sp³-hybridized carbons (Fsp3) is 0.333. The maximum absolute atomic E-state index is 11.9. The number of rotatable bonds is 8. The van der Waals surface area contributed by atoms with Gasteiger partial charge in [-0.1, -0.05) is 48.9 Å². The molecule has 4 heteroatoms. The first-order valence-corrected chi connectivity index (χ1v) is 8.95. The molecule has 0 saturated heterocycles. The van der Waals surface area contributed by atoms with Gasteiger partial charge in [-0.25, -0.2) is 4.98 Å². The number of hydrogen-bond donors (Lipinski definition) is 1. The molecule has 4 nitrogen and oxygen atoms in total. The summed E-state index contributed by atoms with van der Waals surface area (Å²) in [6.45, 7) is 0.744. The van der Waals surface area contributed by atoms with Crippen LogP contribution < -0.4 is 5.32 Å². The number of aryl methyl sites for hydroxylation is 2. The average molecular weight is 335 g/mol. The molecule has 0 atom stereocenters. The monoisotopic (exact) mass is 335 g/mol. The highest BCUT2D eigenvalue weighted by Gasteiger charge is 2.06. The highest BCUT2D eigenvalue weighted by atomic mass is 16.1. The molecule has 0 saturated carbocycles. The first kappa shape index (κ1) is 17.2. The van der Waals surface area contributed by atoms with Crippen molar-refractivity contribution in [3.8, 4) is 0 Å². The lowest BCUT2D eigenvalue weighted by atomic mass is 10.1. The van der Waals surface area contributed by atoms with Crippen molar-refractivity contribution < 1.29 is 4.79 Å². The molecule has 1 N–H and O–H groups in total. The minimum absolute atomic E-state index is 0.0987. The molecule has 1 aromatic heterocycles. The van der Waals surface area contributed by atoms with Gasteiger partial charge in [0.05, 0.1) is 17.5 Å². The standard InChI is InChI=1S/C21H25N3O/c1-24-19-13-8-7-12-18(19)23-20(24)14-6-3-9-15-22-21(25)16-17-10-4-2-5-11-17/h2,4-5,7-8,10-13H,3,6,9,14-16H2,1H3,(H,22,25). The van der Waals surface area contributed by atoms with Crippen molar-refractivity contribution in [3.05, 3.63) is 66.0 Å². The normalized spacial score (nSPS) is 10.9. The smallest absolute Gasteiger partial charge is 0.224 e. The van der Waals surface area contributed by atoms with Crippen LogP contribution in [0.1, 0.15) is 30.7 Å². The summed E-state index contributed by atoms with van der Waals surface area (Å²) in [5.74, 6) is 1.23. The third-order valence-electron chi connectivity index (χ3n) is 4.49. The molecule has 25 heavy (non-hydrogen) atoms. The van der Waals surface area contributed by atoms with Crippen LogP contribution >= 0.6 is 0 Å². The van der Waals surface area contributed by atoms with Crippen LogP contribution in [0.2, 0.25) is 0 Å². The van der Waals surface area contributed by atoms with E-state index in [4.69, 9.17) is 4.98 Å². The fourth-order valence-corrected chi connectivity index (χ4v) is 3.08. The molecule has 0 radical (unpaired) electrons. The number of imidazole rings is 1. The third kappa shape index (κ3) is 4.69. The number of benzene rings is 2. The van der Waals surface area contributed by atoms with Gasteiger partial charge in [-0.15, -0.1) is 0 Å². The summed E-state index contributed by atoms with van der Waals surface area (Å²) < 4.78 is 2.18. The topological polar surface area (TPSA) is 46.9 Å². The van der Waals surface area contributed by atoms with Crippen molar-refractivity contribution in [2.45, 2.75) is 32.1 Å². The van der Waals surface area contributed by atoms with Crippen LogP contribution in [0.4, 0.5) is 0 Å². The minimum atomic E-state index is 0.0987. The molecule has 1 amide bonds. The zero-order valence-corrected chi connectivity index (χ0v) is 14.7. The lowest BCUT2D eigenvalue weighted by molar-refractivity contribution is -0.120. The summed E-state index contributed by atoms with van der Waals surface area (Å²) in [5, 5.41) is 3.00. The number of nitrogens with zero attached hydrogens (tertiary/aromatic N) is 2. The Morgan fingerprint density at radius 3 is 2.56 bits per heavy atom. The van der Waals surface area contributed by atoms with Crippen molar-refractivity contribution in [1.82, 2.24) is 14.9 Å². The Bertz CT molecular complexity index is 824. The van der Waals surface area contributed by atoms with Gasteiger partial charge in [0, 0.05) is 20.0 Å².